The van der Waals surface area contributed by atoms with Crippen LogP contribution in [-0.2, 0) is 4.84 Å². The maximum Gasteiger partial charge on any atom is 0.336 e. The predicted molar refractivity (Wildman–Crippen MR) is 121 cm³/mol. The number of thiazole rings is 1. The van der Waals surface area contributed by atoms with Crippen molar-refractivity contribution in [1.82, 2.24) is 4.98 Å². The van der Waals surface area contributed by atoms with E-state index in [1.807, 2.05) is 47.8 Å². The maximum atomic E-state index is 12.0. The quantitative estimate of drug-likeness (QED) is 0.384. The minimum Gasteiger partial charge on any atom is -0.478 e. The molecular formula is C24H17N3O3S. The molecule has 2 N–H and O–H groups in total. The number of carbonyl (C=O) groups is 1. The summed E-state index contributed by atoms with van der Waals surface area (Å²) in [6.07, 6.45) is 0. The van der Waals surface area contributed by atoms with Gasteiger partial charge in [-0.25, -0.2) is 9.78 Å². The summed E-state index contributed by atoms with van der Waals surface area (Å²) in [5, 5.41) is 21.6. The first kappa shape index (κ1) is 20.3. The zero-order chi connectivity index (χ0) is 21.8. The van der Waals surface area contributed by atoms with Gasteiger partial charge in [-0.15, -0.1) is 11.3 Å². The van der Waals surface area contributed by atoms with Crippen LogP contribution in [0.2, 0.25) is 0 Å². The summed E-state index contributed by atoms with van der Waals surface area (Å²) in [6.45, 7) is 0. The van der Waals surface area contributed by atoms with E-state index in [4.69, 9.17) is 10.1 Å². The van der Waals surface area contributed by atoms with Crippen molar-refractivity contribution in [3.63, 3.8) is 0 Å². The number of anilines is 1. The Hall–Kier alpha value is -3.99. The number of nitrogens with one attached hydrogen (secondary N) is 1. The van der Waals surface area contributed by atoms with Crippen molar-refractivity contribution in [3.05, 3.63) is 83.2 Å². The molecule has 0 amide bonds. The van der Waals surface area contributed by atoms with Crippen LogP contribution in [0, 0.1) is 11.3 Å². The van der Waals surface area contributed by atoms with E-state index in [9.17, 15) is 9.90 Å². The molecule has 0 saturated carbocycles. The number of aromatic carboxylic acids is 1. The van der Waals surface area contributed by atoms with Gasteiger partial charge in [0.15, 0.2) is 0 Å². The van der Waals surface area contributed by atoms with Crippen molar-refractivity contribution in [1.29, 1.82) is 5.26 Å². The van der Waals surface area contributed by atoms with E-state index in [0.29, 0.717) is 27.4 Å². The van der Waals surface area contributed by atoms with E-state index in [2.05, 4.69) is 16.5 Å². The fourth-order valence-corrected chi connectivity index (χ4v) is 4.12. The molecule has 1 heterocycles. The SMILES string of the molecule is CONc1ccccc1-c1ccc(-c2nc(-c3cccc(C#N)c3)cs2)cc1C(=O)O. The van der Waals surface area contributed by atoms with E-state index in [1.54, 1.807) is 24.3 Å². The van der Waals surface area contributed by atoms with Crippen molar-refractivity contribution in [2.45, 2.75) is 0 Å². The van der Waals surface area contributed by atoms with E-state index >= 15 is 0 Å². The Bertz CT molecular complexity index is 1310. The topological polar surface area (TPSA) is 95.2 Å². The van der Waals surface area contributed by atoms with Gasteiger partial charge in [0.1, 0.15) is 5.01 Å². The molecule has 0 unspecified atom stereocenters. The Kier molecular flexibility index (Phi) is 5.76. The van der Waals surface area contributed by atoms with E-state index in [1.165, 1.54) is 18.4 Å². The number of hydrogen-bond donors (Lipinski definition) is 2. The second-order valence-electron chi connectivity index (χ2n) is 6.65. The summed E-state index contributed by atoms with van der Waals surface area (Å²) in [7, 11) is 1.50. The fourth-order valence-electron chi connectivity index (χ4n) is 3.29. The molecule has 4 aromatic rings. The van der Waals surface area contributed by atoms with Gasteiger partial charge < -0.3 is 5.11 Å². The Morgan fingerprint density at radius 1 is 1.06 bits per heavy atom. The van der Waals surface area contributed by atoms with Gasteiger partial charge >= 0.3 is 5.97 Å². The lowest BCUT2D eigenvalue weighted by Crippen LogP contribution is -2.03. The van der Waals surface area contributed by atoms with Crippen molar-refractivity contribution < 1.29 is 14.7 Å². The Morgan fingerprint density at radius 3 is 2.68 bits per heavy atom. The van der Waals surface area contributed by atoms with Crippen LogP contribution in [0.3, 0.4) is 0 Å². The molecule has 0 aliphatic rings. The number of rotatable bonds is 6. The molecule has 0 atom stereocenters. The van der Waals surface area contributed by atoms with E-state index in [0.717, 1.165) is 16.8 Å². The van der Waals surface area contributed by atoms with Crippen molar-refractivity contribution in [2.24, 2.45) is 0 Å². The number of hydrogen-bond acceptors (Lipinski definition) is 6. The molecule has 0 bridgehead atoms. The summed E-state index contributed by atoms with van der Waals surface area (Å²) in [6, 6.07) is 22.0. The zero-order valence-electron chi connectivity index (χ0n) is 16.5. The first-order chi connectivity index (χ1) is 15.1. The van der Waals surface area contributed by atoms with Gasteiger partial charge in [-0.05, 0) is 29.8 Å². The van der Waals surface area contributed by atoms with Crippen LogP contribution in [0.5, 0.6) is 0 Å². The third kappa shape index (κ3) is 4.16. The van der Waals surface area contributed by atoms with Gasteiger partial charge in [-0.3, -0.25) is 10.3 Å². The van der Waals surface area contributed by atoms with Crippen LogP contribution in [0.1, 0.15) is 15.9 Å². The Morgan fingerprint density at radius 2 is 1.90 bits per heavy atom. The molecule has 7 heteroatoms. The average Bonchev–Trinajstić information content (AvgIpc) is 3.30. The summed E-state index contributed by atoms with van der Waals surface area (Å²) < 4.78 is 0. The third-order valence-electron chi connectivity index (χ3n) is 4.72. The minimum absolute atomic E-state index is 0.172. The van der Waals surface area contributed by atoms with Gasteiger partial charge in [0.25, 0.3) is 0 Å². The lowest BCUT2D eigenvalue weighted by molar-refractivity contribution is 0.0698. The zero-order valence-corrected chi connectivity index (χ0v) is 17.3. The van der Waals surface area contributed by atoms with Crippen molar-refractivity contribution >= 4 is 23.0 Å². The summed E-state index contributed by atoms with van der Waals surface area (Å²) in [5.41, 5.74) is 7.81. The van der Waals surface area contributed by atoms with Gasteiger partial charge in [-0.1, -0.05) is 42.5 Å². The first-order valence-corrected chi connectivity index (χ1v) is 10.2. The molecule has 4 rings (SSSR count). The number of benzene rings is 3. The fraction of sp³-hybridized carbons (Fsp3) is 0.0417. The Balaban J connectivity index is 1.75. The molecule has 1 aromatic heterocycles. The highest BCUT2D eigenvalue weighted by Crippen LogP contribution is 2.35. The molecule has 6 nitrogen and oxygen atoms in total. The molecule has 0 radical (unpaired) electrons. The van der Waals surface area contributed by atoms with E-state index in [-0.39, 0.29) is 5.56 Å². The third-order valence-corrected chi connectivity index (χ3v) is 5.61. The highest BCUT2D eigenvalue weighted by Gasteiger charge is 2.17. The van der Waals surface area contributed by atoms with Crippen molar-refractivity contribution in [2.75, 3.05) is 12.6 Å². The summed E-state index contributed by atoms with van der Waals surface area (Å²) in [4.78, 5) is 21.7. The largest absolute Gasteiger partial charge is 0.478 e. The molecule has 0 aliphatic heterocycles. The standard InChI is InChI=1S/C24H17N3O3S/c1-30-27-21-8-3-2-7-19(21)18-10-9-17(12-20(18)24(28)29)23-26-22(14-31-23)16-6-4-5-15(11-16)13-25/h2-12,14,27H,1H3,(H,28,29). The van der Waals surface area contributed by atoms with Crippen LogP contribution in [-0.4, -0.2) is 23.2 Å². The van der Waals surface area contributed by atoms with Gasteiger partial charge in [0.05, 0.1) is 35.7 Å². The predicted octanol–water partition coefficient (Wildman–Crippen LogP) is 5.69. The number of nitriles is 1. The number of aromatic nitrogens is 1. The first-order valence-electron chi connectivity index (χ1n) is 9.33. The van der Waals surface area contributed by atoms with Gasteiger partial charge in [0, 0.05) is 22.1 Å². The molecule has 0 aliphatic carbocycles. The number of carboxylic acids is 1. The Labute approximate surface area is 183 Å². The molecule has 3 aromatic carbocycles. The molecular weight excluding hydrogens is 410 g/mol. The average molecular weight is 427 g/mol. The lowest BCUT2D eigenvalue weighted by Gasteiger charge is -2.13. The van der Waals surface area contributed by atoms with Crippen LogP contribution in [0.4, 0.5) is 5.69 Å². The van der Waals surface area contributed by atoms with Crippen LogP contribution < -0.4 is 5.48 Å². The second kappa shape index (κ2) is 8.79. The van der Waals surface area contributed by atoms with Gasteiger partial charge in [-0.2, -0.15) is 5.26 Å². The second-order valence-corrected chi connectivity index (χ2v) is 7.51. The summed E-state index contributed by atoms with van der Waals surface area (Å²) in [5.74, 6) is -1.03. The highest BCUT2D eigenvalue weighted by molar-refractivity contribution is 7.13. The van der Waals surface area contributed by atoms with Gasteiger partial charge in [0.2, 0.25) is 0 Å². The van der Waals surface area contributed by atoms with E-state index < -0.39 is 5.97 Å². The minimum atomic E-state index is -1.03. The van der Waals surface area contributed by atoms with Crippen molar-refractivity contribution in [3.8, 4) is 39.0 Å². The normalized spacial score (nSPS) is 10.5. The lowest BCUT2D eigenvalue weighted by atomic mass is 9.96. The molecule has 152 valence electrons. The number of carboxylic acid groups (broad SMARTS) is 1. The molecule has 0 saturated heterocycles. The number of para-hydroxylation sites is 1. The molecule has 0 spiro atoms. The molecule has 31 heavy (non-hydrogen) atoms. The number of nitrogens with zero attached hydrogens (tertiary/aromatic N) is 2. The summed E-state index contributed by atoms with van der Waals surface area (Å²) >= 11 is 1.43. The van der Waals surface area contributed by atoms with Crippen LogP contribution in [0.25, 0.3) is 33.0 Å². The molecule has 0 fully saturated rings. The maximum absolute atomic E-state index is 12.0. The van der Waals surface area contributed by atoms with Crippen LogP contribution >= 0.6 is 11.3 Å². The smallest absolute Gasteiger partial charge is 0.336 e. The van der Waals surface area contributed by atoms with Crippen LogP contribution in [0.15, 0.2) is 72.1 Å². The highest BCUT2D eigenvalue weighted by atomic mass is 32.1. The monoisotopic (exact) mass is 427 g/mol.